The molecule has 1 saturated heterocycles. The zero-order chi connectivity index (χ0) is 24.9. The summed E-state index contributed by atoms with van der Waals surface area (Å²) in [6.45, 7) is 7.62. The predicted octanol–water partition coefficient (Wildman–Crippen LogP) is 3.32. The Morgan fingerprint density at radius 3 is 2.56 bits per heavy atom. The van der Waals surface area contributed by atoms with Gasteiger partial charge >= 0.3 is 0 Å². The van der Waals surface area contributed by atoms with Gasteiger partial charge in [0, 0.05) is 69.0 Å². The van der Waals surface area contributed by atoms with Crippen molar-refractivity contribution in [3.05, 3.63) is 71.9 Å². The smallest absolute Gasteiger partial charge is 0.138 e. The van der Waals surface area contributed by atoms with E-state index in [0.29, 0.717) is 24.5 Å². The van der Waals surface area contributed by atoms with Crippen molar-refractivity contribution in [1.82, 2.24) is 24.5 Å². The standard InChI is InChI=1S/C27H29N7O2/c1-20-3-4-21(15-29-20)18-32-7-9-33(10-8-32)26-6-5-22(16-30-26)25-13-24(36-12-11-35-2)19-34-27(25)23(14-28)17-31-34/h3-6,13,15-17,19H,7-12,18H2,1-2H3. The molecule has 0 N–H and O–H groups in total. The number of piperazine rings is 1. The van der Waals surface area contributed by atoms with E-state index >= 15 is 0 Å². The molecule has 0 unspecified atom stereocenters. The molecule has 0 atom stereocenters. The van der Waals surface area contributed by atoms with Gasteiger partial charge < -0.3 is 14.4 Å². The lowest BCUT2D eigenvalue weighted by Gasteiger charge is -2.35. The number of ether oxygens (including phenoxy) is 2. The van der Waals surface area contributed by atoms with Crippen LogP contribution in [0.25, 0.3) is 16.6 Å². The van der Waals surface area contributed by atoms with Gasteiger partial charge in [-0.1, -0.05) is 6.07 Å². The molecule has 4 aromatic heterocycles. The van der Waals surface area contributed by atoms with Crippen LogP contribution in [-0.2, 0) is 11.3 Å². The van der Waals surface area contributed by atoms with Gasteiger partial charge in [-0.05, 0) is 36.8 Å². The van der Waals surface area contributed by atoms with E-state index < -0.39 is 0 Å². The summed E-state index contributed by atoms with van der Waals surface area (Å²) >= 11 is 0. The van der Waals surface area contributed by atoms with Crippen LogP contribution < -0.4 is 9.64 Å². The zero-order valence-electron chi connectivity index (χ0n) is 20.6. The SMILES string of the molecule is COCCOc1cc(-c2ccc(N3CCN(Cc4ccc(C)nc4)CC3)nc2)c2c(C#N)cnn2c1. The minimum Gasteiger partial charge on any atom is -0.490 e. The zero-order valence-corrected chi connectivity index (χ0v) is 20.6. The number of aromatic nitrogens is 4. The van der Waals surface area contributed by atoms with Crippen molar-refractivity contribution in [1.29, 1.82) is 5.26 Å². The van der Waals surface area contributed by atoms with Gasteiger partial charge in [-0.3, -0.25) is 9.88 Å². The largest absolute Gasteiger partial charge is 0.490 e. The van der Waals surface area contributed by atoms with E-state index in [0.717, 1.165) is 60.9 Å². The molecule has 1 aliphatic heterocycles. The molecule has 4 aromatic rings. The van der Waals surface area contributed by atoms with Gasteiger partial charge in [0.25, 0.3) is 0 Å². The molecule has 9 nitrogen and oxygen atoms in total. The summed E-state index contributed by atoms with van der Waals surface area (Å²) in [6, 6.07) is 12.5. The maximum atomic E-state index is 9.60. The van der Waals surface area contributed by atoms with Crippen LogP contribution in [0.3, 0.4) is 0 Å². The first-order valence-corrected chi connectivity index (χ1v) is 12.0. The Labute approximate surface area is 210 Å². The third-order valence-corrected chi connectivity index (χ3v) is 6.40. The van der Waals surface area contributed by atoms with Crippen LogP contribution in [0.15, 0.2) is 55.1 Å². The molecular weight excluding hydrogens is 454 g/mol. The highest BCUT2D eigenvalue weighted by atomic mass is 16.5. The van der Waals surface area contributed by atoms with E-state index in [1.807, 2.05) is 31.5 Å². The molecular formula is C27H29N7O2. The highest BCUT2D eigenvalue weighted by molar-refractivity contribution is 5.85. The quantitative estimate of drug-likeness (QED) is 0.353. The Bertz CT molecular complexity index is 1350. The molecule has 36 heavy (non-hydrogen) atoms. The summed E-state index contributed by atoms with van der Waals surface area (Å²) in [5.74, 6) is 1.61. The molecule has 5 rings (SSSR count). The minimum atomic E-state index is 0.428. The third-order valence-electron chi connectivity index (χ3n) is 6.40. The van der Waals surface area contributed by atoms with Crippen LogP contribution >= 0.6 is 0 Å². The highest BCUT2D eigenvalue weighted by Gasteiger charge is 2.19. The first-order valence-electron chi connectivity index (χ1n) is 12.0. The first kappa shape index (κ1) is 23.7. The number of aryl methyl sites for hydroxylation is 1. The van der Waals surface area contributed by atoms with E-state index in [2.05, 4.69) is 44.2 Å². The Morgan fingerprint density at radius 1 is 1.00 bits per heavy atom. The van der Waals surface area contributed by atoms with E-state index in [9.17, 15) is 5.26 Å². The van der Waals surface area contributed by atoms with Crippen molar-refractivity contribution >= 4 is 11.3 Å². The number of nitrogens with zero attached hydrogens (tertiary/aromatic N) is 7. The van der Waals surface area contributed by atoms with Gasteiger partial charge in [0.05, 0.1) is 30.1 Å². The van der Waals surface area contributed by atoms with Gasteiger partial charge in [-0.25, -0.2) is 9.50 Å². The molecule has 0 aliphatic carbocycles. The van der Waals surface area contributed by atoms with Crippen molar-refractivity contribution in [3.8, 4) is 22.9 Å². The van der Waals surface area contributed by atoms with Crippen LogP contribution in [0, 0.1) is 18.3 Å². The lowest BCUT2D eigenvalue weighted by molar-refractivity contribution is 0.146. The Balaban J connectivity index is 1.31. The second-order valence-electron chi connectivity index (χ2n) is 8.87. The molecule has 184 valence electrons. The average molecular weight is 484 g/mol. The predicted molar refractivity (Wildman–Crippen MR) is 137 cm³/mol. The highest BCUT2D eigenvalue weighted by Crippen LogP contribution is 2.31. The topological polar surface area (TPSA) is 91.8 Å². The number of hydrogen-bond acceptors (Lipinski definition) is 8. The van der Waals surface area contributed by atoms with Crippen molar-refractivity contribution < 1.29 is 9.47 Å². The molecule has 5 heterocycles. The fourth-order valence-corrected chi connectivity index (χ4v) is 4.44. The normalized spacial score (nSPS) is 14.2. The van der Waals surface area contributed by atoms with Crippen molar-refractivity contribution in [2.24, 2.45) is 0 Å². The second kappa shape index (κ2) is 10.7. The van der Waals surface area contributed by atoms with Crippen molar-refractivity contribution in [3.63, 3.8) is 0 Å². The van der Waals surface area contributed by atoms with Crippen LogP contribution in [0.4, 0.5) is 5.82 Å². The van der Waals surface area contributed by atoms with Crippen molar-refractivity contribution in [2.75, 3.05) is 51.4 Å². The number of methoxy groups -OCH3 is 1. The molecule has 0 spiro atoms. The number of pyridine rings is 3. The maximum absolute atomic E-state index is 9.60. The number of anilines is 1. The fraction of sp³-hybridized carbons (Fsp3) is 0.333. The van der Waals surface area contributed by atoms with E-state index in [1.54, 1.807) is 24.0 Å². The fourth-order valence-electron chi connectivity index (χ4n) is 4.44. The summed E-state index contributed by atoms with van der Waals surface area (Å²) in [6.07, 6.45) is 7.19. The lowest BCUT2D eigenvalue weighted by atomic mass is 10.1. The Morgan fingerprint density at radius 2 is 1.86 bits per heavy atom. The number of hydrogen-bond donors (Lipinski definition) is 0. The summed E-state index contributed by atoms with van der Waals surface area (Å²) in [7, 11) is 1.64. The average Bonchev–Trinajstić information content (AvgIpc) is 3.33. The number of rotatable bonds is 8. The Kier molecular flexibility index (Phi) is 7.07. The van der Waals surface area contributed by atoms with Gasteiger partial charge in [-0.2, -0.15) is 10.4 Å². The van der Waals surface area contributed by atoms with Gasteiger partial charge in [-0.15, -0.1) is 0 Å². The van der Waals surface area contributed by atoms with Gasteiger partial charge in [0.15, 0.2) is 0 Å². The Hall–Kier alpha value is -4.00. The molecule has 0 bridgehead atoms. The van der Waals surface area contributed by atoms with E-state index in [4.69, 9.17) is 14.5 Å². The molecule has 0 amide bonds. The van der Waals surface area contributed by atoms with Crippen LogP contribution in [0.2, 0.25) is 0 Å². The molecule has 1 aliphatic rings. The van der Waals surface area contributed by atoms with Crippen LogP contribution in [0.5, 0.6) is 5.75 Å². The first-order chi connectivity index (χ1) is 17.6. The molecule has 1 fully saturated rings. The monoisotopic (exact) mass is 483 g/mol. The van der Waals surface area contributed by atoms with Gasteiger partial charge in [0.1, 0.15) is 24.2 Å². The van der Waals surface area contributed by atoms with E-state index in [1.165, 1.54) is 5.56 Å². The van der Waals surface area contributed by atoms with Crippen LogP contribution in [-0.4, -0.2) is 71.0 Å². The molecule has 0 aromatic carbocycles. The number of fused-ring (bicyclic) bond motifs is 1. The molecule has 0 radical (unpaired) electrons. The van der Waals surface area contributed by atoms with Crippen molar-refractivity contribution in [2.45, 2.75) is 13.5 Å². The van der Waals surface area contributed by atoms with E-state index in [-0.39, 0.29) is 0 Å². The van der Waals surface area contributed by atoms with Crippen LogP contribution in [0.1, 0.15) is 16.8 Å². The maximum Gasteiger partial charge on any atom is 0.138 e. The van der Waals surface area contributed by atoms with Gasteiger partial charge in [0.2, 0.25) is 0 Å². The summed E-state index contributed by atoms with van der Waals surface area (Å²) in [5.41, 5.74) is 5.30. The molecule has 0 saturated carbocycles. The summed E-state index contributed by atoms with van der Waals surface area (Å²) < 4.78 is 12.6. The number of nitriles is 1. The minimum absolute atomic E-state index is 0.428. The summed E-state index contributed by atoms with van der Waals surface area (Å²) in [4.78, 5) is 13.9. The summed E-state index contributed by atoms with van der Waals surface area (Å²) in [5, 5.41) is 13.9. The third kappa shape index (κ3) is 5.15. The molecule has 9 heteroatoms. The second-order valence-corrected chi connectivity index (χ2v) is 8.87. The lowest BCUT2D eigenvalue weighted by Crippen LogP contribution is -2.46.